The Morgan fingerprint density at radius 2 is 1.74 bits per heavy atom. The van der Waals surface area contributed by atoms with E-state index in [2.05, 4.69) is 26.9 Å². The van der Waals surface area contributed by atoms with Crippen LogP contribution >= 0.6 is 34.4 Å². The average Bonchev–Trinajstić information content (AvgIpc) is 3.21. The van der Waals surface area contributed by atoms with Crippen molar-refractivity contribution < 1.29 is 9.59 Å². The molecule has 0 bridgehead atoms. The molecule has 1 aromatic carbocycles. The van der Waals surface area contributed by atoms with Crippen LogP contribution < -0.4 is 10.6 Å². The molecular weight excluding hydrogens is 400 g/mol. The molecule has 2 heterocycles. The first kappa shape index (κ1) is 19.5. The van der Waals surface area contributed by atoms with Gasteiger partial charge in [-0.15, -0.1) is 21.5 Å². The molecule has 0 radical (unpaired) electrons. The van der Waals surface area contributed by atoms with E-state index in [9.17, 15) is 9.59 Å². The Morgan fingerprint density at radius 1 is 1.00 bits per heavy atom. The van der Waals surface area contributed by atoms with Crippen LogP contribution in [0.4, 0.5) is 10.8 Å². The summed E-state index contributed by atoms with van der Waals surface area (Å²) in [5.74, 6) is -0.0899. The van der Waals surface area contributed by atoms with E-state index in [1.54, 1.807) is 0 Å². The van der Waals surface area contributed by atoms with Gasteiger partial charge < -0.3 is 5.32 Å². The maximum Gasteiger partial charge on any atom is 0.267 e. The van der Waals surface area contributed by atoms with Gasteiger partial charge in [-0.25, -0.2) is 0 Å². The van der Waals surface area contributed by atoms with E-state index >= 15 is 0 Å². The fourth-order valence-electron chi connectivity index (χ4n) is 2.40. The van der Waals surface area contributed by atoms with Gasteiger partial charge in [0.1, 0.15) is 0 Å². The lowest BCUT2D eigenvalue weighted by Gasteiger charge is -2.06. The highest BCUT2D eigenvalue weighted by atomic mass is 32.2. The zero-order chi connectivity index (χ0) is 19.4. The van der Waals surface area contributed by atoms with Crippen LogP contribution in [0.25, 0.3) is 0 Å². The number of thioether (sulfide) groups is 1. The number of nitrogens with zero attached hydrogens (tertiary/aromatic N) is 2. The summed E-state index contributed by atoms with van der Waals surface area (Å²) in [7, 11) is 0. The molecule has 9 heteroatoms. The molecule has 140 valence electrons. The van der Waals surface area contributed by atoms with Gasteiger partial charge >= 0.3 is 0 Å². The van der Waals surface area contributed by atoms with E-state index in [1.165, 1.54) is 34.4 Å². The van der Waals surface area contributed by atoms with Gasteiger partial charge in [-0.05, 0) is 61.0 Å². The van der Waals surface area contributed by atoms with E-state index in [0.717, 1.165) is 22.4 Å². The molecular formula is C18H18N4O2S3. The van der Waals surface area contributed by atoms with E-state index in [1.807, 2.05) is 44.4 Å². The van der Waals surface area contributed by atoms with Crippen LogP contribution in [0.3, 0.4) is 0 Å². The maximum atomic E-state index is 12.1. The molecule has 0 fully saturated rings. The lowest BCUT2D eigenvalue weighted by Crippen LogP contribution is -2.14. The molecule has 3 aromatic rings. The summed E-state index contributed by atoms with van der Waals surface area (Å²) >= 11 is 3.92. The van der Waals surface area contributed by atoms with Crippen LogP contribution in [-0.4, -0.2) is 27.8 Å². The number of carbonyl (C=O) groups excluding carboxylic acids is 2. The smallest absolute Gasteiger partial charge is 0.267 e. The first-order chi connectivity index (χ1) is 12.9. The first-order valence-corrected chi connectivity index (χ1v) is 10.8. The van der Waals surface area contributed by atoms with Crippen molar-refractivity contribution in [2.75, 3.05) is 16.4 Å². The van der Waals surface area contributed by atoms with Crippen LogP contribution in [0.1, 0.15) is 26.4 Å². The van der Waals surface area contributed by atoms with Crippen molar-refractivity contribution in [2.45, 2.75) is 25.1 Å². The van der Waals surface area contributed by atoms with E-state index < -0.39 is 0 Å². The van der Waals surface area contributed by atoms with E-state index in [0.29, 0.717) is 14.3 Å². The minimum atomic E-state index is -0.201. The highest BCUT2D eigenvalue weighted by Crippen LogP contribution is 2.26. The van der Waals surface area contributed by atoms with Crippen molar-refractivity contribution in [2.24, 2.45) is 0 Å². The second-order valence-corrected chi connectivity index (χ2v) is 9.14. The van der Waals surface area contributed by atoms with Gasteiger partial charge in [0.25, 0.3) is 5.91 Å². The number of amides is 2. The van der Waals surface area contributed by atoms with E-state index in [-0.39, 0.29) is 17.6 Å². The van der Waals surface area contributed by atoms with Gasteiger partial charge in [-0.1, -0.05) is 29.2 Å². The lowest BCUT2D eigenvalue weighted by atomic mass is 10.1. The van der Waals surface area contributed by atoms with Gasteiger partial charge in [0.2, 0.25) is 11.0 Å². The maximum absolute atomic E-state index is 12.1. The largest absolute Gasteiger partial charge is 0.325 e. The Morgan fingerprint density at radius 3 is 2.41 bits per heavy atom. The van der Waals surface area contributed by atoms with Crippen molar-refractivity contribution in [1.82, 2.24) is 10.2 Å². The Hall–Kier alpha value is -2.23. The molecule has 0 atom stereocenters. The van der Waals surface area contributed by atoms with Gasteiger partial charge in [-0.2, -0.15) is 0 Å². The number of aromatic nitrogens is 2. The molecule has 2 N–H and O–H groups in total. The Kier molecular flexibility index (Phi) is 6.25. The molecule has 0 aliphatic rings. The SMILES string of the molecule is Cc1cc(C)cc(NC(=O)CSc2nnc(NC(=O)c3cc(C)cs3)s2)c1. The standard InChI is InChI=1S/C18H18N4O2S3/c1-10-4-11(2)6-13(5-10)19-15(23)9-26-18-22-21-17(27-18)20-16(24)14-7-12(3)8-25-14/h4-8H,9H2,1-3H3,(H,19,23)(H,20,21,24). The van der Waals surface area contributed by atoms with Crippen molar-refractivity contribution in [3.8, 4) is 0 Å². The zero-order valence-electron chi connectivity index (χ0n) is 15.0. The second-order valence-electron chi connectivity index (χ2n) is 6.03. The molecule has 27 heavy (non-hydrogen) atoms. The molecule has 0 aliphatic heterocycles. The predicted octanol–water partition coefficient (Wildman–Crippen LogP) is 4.51. The fraction of sp³-hybridized carbons (Fsp3) is 0.222. The number of aryl methyl sites for hydroxylation is 3. The summed E-state index contributed by atoms with van der Waals surface area (Å²) in [5.41, 5.74) is 4.04. The number of hydrogen-bond acceptors (Lipinski definition) is 7. The van der Waals surface area contributed by atoms with Crippen LogP contribution in [0.15, 0.2) is 34.0 Å². The van der Waals surface area contributed by atoms with E-state index in [4.69, 9.17) is 0 Å². The third-order valence-electron chi connectivity index (χ3n) is 3.41. The predicted molar refractivity (Wildman–Crippen MR) is 112 cm³/mol. The molecule has 0 aliphatic carbocycles. The highest BCUT2D eigenvalue weighted by molar-refractivity contribution is 8.01. The number of rotatable bonds is 6. The number of nitrogens with one attached hydrogen (secondary N) is 2. The second kappa shape index (κ2) is 8.64. The van der Waals surface area contributed by atoms with Crippen LogP contribution in [0.5, 0.6) is 0 Å². The Bertz CT molecular complexity index is 960. The summed E-state index contributed by atoms with van der Waals surface area (Å²) in [5, 5.41) is 15.9. The number of benzene rings is 1. The summed E-state index contributed by atoms with van der Waals surface area (Å²) in [6, 6.07) is 7.74. The third kappa shape index (κ3) is 5.62. The zero-order valence-corrected chi connectivity index (χ0v) is 17.5. The molecule has 0 saturated heterocycles. The van der Waals surface area contributed by atoms with Gasteiger partial charge in [-0.3, -0.25) is 14.9 Å². The van der Waals surface area contributed by atoms with Crippen LogP contribution in [0.2, 0.25) is 0 Å². The van der Waals surface area contributed by atoms with Crippen molar-refractivity contribution in [3.05, 3.63) is 51.2 Å². The summed E-state index contributed by atoms with van der Waals surface area (Å²) in [6.07, 6.45) is 0. The molecule has 0 unspecified atom stereocenters. The number of carbonyl (C=O) groups is 2. The molecule has 3 rings (SSSR count). The van der Waals surface area contributed by atoms with Crippen LogP contribution in [0, 0.1) is 20.8 Å². The summed E-state index contributed by atoms with van der Waals surface area (Å²) in [6.45, 7) is 5.92. The van der Waals surface area contributed by atoms with Gasteiger partial charge in [0.15, 0.2) is 4.34 Å². The monoisotopic (exact) mass is 418 g/mol. The normalized spacial score (nSPS) is 10.6. The Balaban J connectivity index is 1.51. The quantitative estimate of drug-likeness (QED) is 0.455. The first-order valence-electron chi connectivity index (χ1n) is 8.10. The summed E-state index contributed by atoms with van der Waals surface area (Å²) in [4.78, 5) is 24.9. The van der Waals surface area contributed by atoms with Crippen molar-refractivity contribution >= 4 is 57.1 Å². The molecule has 2 aromatic heterocycles. The average molecular weight is 419 g/mol. The lowest BCUT2D eigenvalue weighted by molar-refractivity contribution is -0.113. The number of thiophene rings is 1. The van der Waals surface area contributed by atoms with Gasteiger partial charge in [0.05, 0.1) is 10.6 Å². The number of anilines is 2. The highest BCUT2D eigenvalue weighted by Gasteiger charge is 2.13. The third-order valence-corrected chi connectivity index (χ3v) is 6.43. The molecule has 2 amide bonds. The van der Waals surface area contributed by atoms with Crippen molar-refractivity contribution in [3.63, 3.8) is 0 Å². The topological polar surface area (TPSA) is 84.0 Å². The van der Waals surface area contributed by atoms with Crippen LogP contribution in [-0.2, 0) is 4.79 Å². The summed E-state index contributed by atoms with van der Waals surface area (Å²) < 4.78 is 0.628. The van der Waals surface area contributed by atoms with Crippen molar-refractivity contribution in [1.29, 1.82) is 0 Å². The minimum absolute atomic E-state index is 0.111. The molecule has 6 nitrogen and oxygen atoms in total. The fourth-order valence-corrected chi connectivity index (χ4v) is 4.74. The molecule has 0 saturated carbocycles. The molecule has 0 spiro atoms. The minimum Gasteiger partial charge on any atom is -0.325 e. The van der Waals surface area contributed by atoms with Gasteiger partial charge in [0, 0.05) is 5.69 Å². The number of hydrogen-bond donors (Lipinski definition) is 2. The Labute approximate surface area is 169 Å².